The maximum atomic E-state index is 9.87. The molecule has 0 spiro atoms. The van der Waals surface area contributed by atoms with Gasteiger partial charge in [-0.05, 0) is 30.9 Å². The zero-order chi connectivity index (χ0) is 10.7. The van der Waals surface area contributed by atoms with Gasteiger partial charge >= 0.3 is 0 Å². The van der Waals surface area contributed by atoms with Gasteiger partial charge in [-0.2, -0.15) is 0 Å². The molecule has 0 bridgehead atoms. The summed E-state index contributed by atoms with van der Waals surface area (Å²) < 4.78 is 5.80. The fourth-order valence-electron chi connectivity index (χ4n) is 2.10. The molecule has 2 heteroatoms. The summed E-state index contributed by atoms with van der Waals surface area (Å²) in [4.78, 5) is 0. The normalized spacial score (nSPS) is 21.6. The summed E-state index contributed by atoms with van der Waals surface area (Å²) in [7, 11) is 0. The van der Waals surface area contributed by atoms with E-state index in [1.165, 1.54) is 5.56 Å². The average Bonchev–Trinajstić information content (AvgIpc) is 2.29. The highest BCUT2D eigenvalue weighted by Gasteiger charge is 2.25. The molecule has 1 aromatic carbocycles. The van der Waals surface area contributed by atoms with Crippen molar-refractivity contribution in [3.63, 3.8) is 0 Å². The maximum absolute atomic E-state index is 9.87. The highest BCUT2D eigenvalue weighted by molar-refractivity contribution is 5.35. The van der Waals surface area contributed by atoms with Crippen LogP contribution in [-0.2, 0) is 6.42 Å². The van der Waals surface area contributed by atoms with Gasteiger partial charge in [-0.1, -0.05) is 31.5 Å². The van der Waals surface area contributed by atoms with Crippen LogP contribution >= 0.6 is 0 Å². The van der Waals surface area contributed by atoms with Crippen LogP contribution < -0.4 is 4.74 Å². The van der Waals surface area contributed by atoms with Gasteiger partial charge in [0, 0.05) is 0 Å². The molecule has 82 valence electrons. The SMILES string of the molecule is CCC[C@@H](O)[C@H]1CCc2ccccc2O1. The molecule has 0 radical (unpaired) electrons. The van der Waals surface area contributed by atoms with Crippen molar-refractivity contribution < 1.29 is 9.84 Å². The molecule has 0 unspecified atom stereocenters. The van der Waals surface area contributed by atoms with Gasteiger partial charge in [0.25, 0.3) is 0 Å². The van der Waals surface area contributed by atoms with E-state index in [-0.39, 0.29) is 12.2 Å². The standard InChI is InChI=1S/C13H18O2/c1-2-5-11(14)13-9-8-10-6-3-4-7-12(10)15-13/h3-4,6-7,11,13-14H,2,5,8-9H2,1H3/t11-,13-/m1/s1. The Labute approximate surface area is 90.9 Å². The van der Waals surface area contributed by atoms with Gasteiger partial charge in [0.15, 0.2) is 0 Å². The minimum Gasteiger partial charge on any atom is -0.487 e. The lowest BCUT2D eigenvalue weighted by molar-refractivity contribution is 0.0187. The molecule has 2 rings (SSSR count). The van der Waals surface area contributed by atoms with E-state index in [4.69, 9.17) is 4.74 Å². The maximum Gasteiger partial charge on any atom is 0.125 e. The molecular formula is C13H18O2. The molecule has 1 N–H and O–H groups in total. The van der Waals surface area contributed by atoms with Crippen molar-refractivity contribution in [1.82, 2.24) is 0 Å². The van der Waals surface area contributed by atoms with Gasteiger partial charge in [-0.3, -0.25) is 0 Å². The van der Waals surface area contributed by atoms with Crippen LogP contribution in [0.25, 0.3) is 0 Å². The van der Waals surface area contributed by atoms with Crippen molar-refractivity contribution in [2.24, 2.45) is 0 Å². The zero-order valence-corrected chi connectivity index (χ0v) is 9.15. The van der Waals surface area contributed by atoms with E-state index in [0.29, 0.717) is 0 Å². The van der Waals surface area contributed by atoms with Gasteiger partial charge < -0.3 is 9.84 Å². The van der Waals surface area contributed by atoms with Crippen LogP contribution in [-0.4, -0.2) is 17.3 Å². The number of hydrogen-bond donors (Lipinski definition) is 1. The van der Waals surface area contributed by atoms with Crippen molar-refractivity contribution >= 4 is 0 Å². The molecule has 0 aromatic heterocycles. The van der Waals surface area contributed by atoms with Crippen molar-refractivity contribution in [2.75, 3.05) is 0 Å². The Morgan fingerprint density at radius 2 is 2.27 bits per heavy atom. The number of aliphatic hydroxyl groups is 1. The first-order valence-corrected chi connectivity index (χ1v) is 5.74. The second-order valence-electron chi connectivity index (χ2n) is 4.16. The quantitative estimate of drug-likeness (QED) is 0.823. The average molecular weight is 206 g/mol. The Morgan fingerprint density at radius 1 is 1.47 bits per heavy atom. The first kappa shape index (κ1) is 10.5. The van der Waals surface area contributed by atoms with Gasteiger partial charge in [0.2, 0.25) is 0 Å². The molecule has 0 amide bonds. The van der Waals surface area contributed by atoms with Gasteiger partial charge in [0.05, 0.1) is 6.10 Å². The van der Waals surface area contributed by atoms with Crippen LogP contribution in [0.15, 0.2) is 24.3 Å². The van der Waals surface area contributed by atoms with E-state index in [0.717, 1.165) is 31.4 Å². The first-order chi connectivity index (χ1) is 7.31. The van der Waals surface area contributed by atoms with Crippen LogP contribution in [0.5, 0.6) is 5.75 Å². The number of benzene rings is 1. The second-order valence-corrected chi connectivity index (χ2v) is 4.16. The molecule has 1 aliphatic heterocycles. The number of aryl methyl sites for hydroxylation is 1. The number of para-hydroxylation sites is 1. The van der Waals surface area contributed by atoms with Gasteiger partial charge in [0.1, 0.15) is 11.9 Å². The Hall–Kier alpha value is -1.02. The summed E-state index contributed by atoms with van der Waals surface area (Å²) in [6.45, 7) is 2.08. The van der Waals surface area contributed by atoms with E-state index in [1.807, 2.05) is 18.2 Å². The molecule has 0 saturated carbocycles. The predicted octanol–water partition coefficient (Wildman–Crippen LogP) is 2.54. The number of aliphatic hydroxyl groups excluding tert-OH is 1. The molecule has 15 heavy (non-hydrogen) atoms. The van der Waals surface area contributed by atoms with E-state index in [2.05, 4.69) is 13.0 Å². The third-order valence-electron chi connectivity index (χ3n) is 2.96. The smallest absolute Gasteiger partial charge is 0.125 e. The Morgan fingerprint density at radius 3 is 3.07 bits per heavy atom. The molecule has 0 aliphatic carbocycles. The van der Waals surface area contributed by atoms with E-state index in [1.54, 1.807) is 0 Å². The second kappa shape index (κ2) is 4.67. The van der Waals surface area contributed by atoms with Gasteiger partial charge in [-0.25, -0.2) is 0 Å². The first-order valence-electron chi connectivity index (χ1n) is 5.74. The number of hydrogen-bond acceptors (Lipinski definition) is 2. The van der Waals surface area contributed by atoms with Crippen molar-refractivity contribution in [3.05, 3.63) is 29.8 Å². The third-order valence-corrected chi connectivity index (χ3v) is 2.96. The molecule has 0 saturated heterocycles. The number of rotatable bonds is 3. The summed E-state index contributed by atoms with van der Waals surface area (Å²) >= 11 is 0. The predicted molar refractivity (Wildman–Crippen MR) is 60.1 cm³/mol. The lowest BCUT2D eigenvalue weighted by atomic mass is 9.97. The molecule has 0 fully saturated rings. The monoisotopic (exact) mass is 206 g/mol. The molecule has 2 atom stereocenters. The molecule has 1 aromatic rings. The summed E-state index contributed by atoms with van der Waals surface area (Å²) in [6, 6.07) is 8.09. The molecule has 1 heterocycles. The summed E-state index contributed by atoms with van der Waals surface area (Å²) in [5.74, 6) is 0.948. The van der Waals surface area contributed by atoms with E-state index < -0.39 is 0 Å². The van der Waals surface area contributed by atoms with Crippen LogP contribution in [0.3, 0.4) is 0 Å². The van der Waals surface area contributed by atoms with Crippen LogP contribution in [0.1, 0.15) is 31.7 Å². The van der Waals surface area contributed by atoms with Gasteiger partial charge in [-0.15, -0.1) is 0 Å². The molecule has 2 nitrogen and oxygen atoms in total. The minimum atomic E-state index is -0.316. The summed E-state index contributed by atoms with van der Waals surface area (Å²) in [5, 5.41) is 9.87. The Kier molecular flexibility index (Phi) is 3.27. The van der Waals surface area contributed by atoms with Crippen LogP contribution in [0.4, 0.5) is 0 Å². The fraction of sp³-hybridized carbons (Fsp3) is 0.538. The highest BCUT2D eigenvalue weighted by Crippen LogP contribution is 2.28. The lowest BCUT2D eigenvalue weighted by Gasteiger charge is -2.29. The van der Waals surface area contributed by atoms with Crippen LogP contribution in [0, 0.1) is 0 Å². The number of ether oxygens (including phenoxy) is 1. The Balaban J connectivity index is 2.05. The molecular weight excluding hydrogens is 188 g/mol. The van der Waals surface area contributed by atoms with Crippen molar-refractivity contribution in [2.45, 2.75) is 44.8 Å². The zero-order valence-electron chi connectivity index (χ0n) is 9.15. The summed E-state index contributed by atoms with van der Waals surface area (Å²) in [6.07, 6.45) is 3.44. The lowest BCUT2D eigenvalue weighted by Crippen LogP contribution is -2.34. The highest BCUT2D eigenvalue weighted by atomic mass is 16.5. The topological polar surface area (TPSA) is 29.5 Å². The van der Waals surface area contributed by atoms with E-state index in [9.17, 15) is 5.11 Å². The van der Waals surface area contributed by atoms with Crippen molar-refractivity contribution in [1.29, 1.82) is 0 Å². The Bertz CT molecular complexity index is 322. The largest absolute Gasteiger partial charge is 0.487 e. The number of fused-ring (bicyclic) bond motifs is 1. The molecule has 1 aliphatic rings. The van der Waals surface area contributed by atoms with E-state index >= 15 is 0 Å². The fourth-order valence-corrected chi connectivity index (χ4v) is 2.10. The van der Waals surface area contributed by atoms with Crippen molar-refractivity contribution in [3.8, 4) is 5.75 Å². The summed E-state index contributed by atoms with van der Waals surface area (Å²) in [5.41, 5.74) is 1.26. The minimum absolute atomic E-state index is 0.0140. The third kappa shape index (κ3) is 2.32. The van der Waals surface area contributed by atoms with Crippen LogP contribution in [0.2, 0.25) is 0 Å².